The minimum absolute atomic E-state index is 0.140. The first-order valence-electron chi connectivity index (χ1n) is 28.2. The summed E-state index contributed by atoms with van der Waals surface area (Å²) in [5, 5.41) is 11.7. The number of nitrogens with one attached hydrogen (secondary N) is 12. The Hall–Kier alpha value is -8.15. The van der Waals surface area contributed by atoms with E-state index in [0.717, 1.165) is 69.3 Å². The van der Waals surface area contributed by atoms with Crippen molar-refractivity contribution in [3.63, 3.8) is 0 Å². The van der Waals surface area contributed by atoms with E-state index in [-0.39, 0.29) is 22.5 Å². The van der Waals surface area contributed by atoms with Gasteiger partial charge in [-0.15, -0.1) is 0 Å². The lowest BCUT2D eigenvalue weighted by Gasteiger charge is -2.09. The molecule has 0 aliphatic rings. The van der Waals surface area contributed by atoms with Crippen molar-refractivity contribution in [2.45, 2.75) is 38.5 Å². The van der Waals surface area contributed by atoms with Crippen LogP contribution in [0.1, 0.15) is 73.1 Å². The molecule has 0 saturated heterocycles. The zero-order valence-corrected chi connectivity index (χ0v) is 57.7. The molecular weight excluding hydrogens is 1410 g/mol. The number of nitrogens with zero attached hydrogens (tertiary/aromatic N) is 1. The third-order valence-electron chi connectivity index (χ3n) is 13.5. The van der Waals surface area contributed by atoms with Crippen LogP contribution in [0.4, 0.5) is 13.2 Å². The van der Waals surface area contributed by atoms with Gasteiger partial charge in [0.25, 0.3) is 0 Å². The van der Waals surface area contributed by atoms with Crippen molar-refractivity contribution < 1.29 is 13.2 Å². The van der Waals surface area contributed by atoms with Gasteiger partial charge in [0.2, 0.25) is 0 Å². The maximum atomic E-state index is 13.5. The number of aromatic amines is 12. The van der Waals surface area contributed by atoms with Crippen LogP contribution in [0.15, 0.2) is 189 Å². The molecule has 13 nitrogen and oxygen atoms in total. The maximum absolute atomic E-state index is 13.5. The number of aromatic nitrogens is 12. The Morgan fingerprint density at radius 2 is 0.766 bits per heavy atom. The lowest BCUT2D eigenvalue weighted by Crippen LogP contribution is -1.93. The summed E-state index contributed by atoms with van der Waals surface area (Å²) >= 11 is 59.2. The zero-order chi connectivity index (χ0) is 67.1. The Morgan fingerprint density at radius 1 is 0.362 bits per heavy atom. The first-order chi connectivity index (χ1) is 45.2. The highest BCUT2D eigenvalue weighted by molar-refractivity contribution is 7.72. The number of hydrogen-bond donors (Lipinski definition) is 12. The van der Waals surface area contributed by atoms with Crippen molar-refractivity contribution in [3.8, 4) is 17.2 Å². The highest BCUT2D eigenvalue weighted by atomic mass is 35.5. The van der Waals surface area contributed by atoms with Crippen LogP contribution in [-0.2, 0) is 38.5 Å². The molecule has 6 heterocycles. The Kier molecular flexibility index (Phi) is 27.4. The lowest BCUT2D eigenvalue weighted by molar-refractivity contribution is 0.613. The molecule has 480 valence electrons. The van der Waals surface area contributed by atoms with Gasteiger partial charge in [0.15, 0.2) is 28.6 Å². The van der Waals surface area contributed by atoms with Gasteiger partial charge < -0.3 is 59.8 Å². The summed E-state index contributed by atoms with van der Waals surface area (Å²) in [6.45, 7) is 0. The summed E-state index contributed by atoms with van der Waals surface area (Å²) in [5.74, 6) is -0.775. The molecule has 0 aliphatic heterocycles. The molecule has 0 fully saturated rings. The molecule has 0 bridgehead atoms. The number of rotatable bonds is 13. The molecule has 0 unspecified atom stereocenters. The molecule has 0 spiro atoms. The normalized spacial score (nSPS) is 10.4. The Labute approximate surface area is 593 Å². The van der Waals surface area contributed by atoms with E-state index in [1.165, 1.54) is 35.4 Å². The second-order valence-corrected chi connectivity index (χ2v) is 24.9. The minimum Gasteiger partial charge on any atom is -0.337 e. The van der Waals surface area contributed by atoms with Crippen LogP contribution in [0, 0.1) is 57.4 Å². The van der Waals surface area contributed by atoms with Crippen molar-refractivity contribution in [1.82, 2.24) is 59.8 Å². The summed E-state index contributed by atoms with van der Waals surface area (Å²) < 4.78 is 42.9. The molecule has 6 aromatic heterocycles. The van der Waals surface area contributed by atoms with E-state index < -0.39 is 0 Å². The van der Waals surface area contributed by atoms with E-state index in [4.69, 9.17) is 137 Å². The first kappa shape index (κ1) is 71.7. The van der Waals surface area contributed by atoms with Crippen molar-refractivity contribution in [2.75, 3.05) is 0 Å². The molecule has 0 atom stereocenters. The number of benzene rings is 7. The third kappa shape index (κ3) is 22.8. The lowest BCUT2D eigenvalue weighted by atomic mass is 9.96. The number of imidazole rings is 6. The molecule has 0 amide bonds. The minimum atomic E-state index is -0.375. The molecular formula is C67H55Cl5F3N13S6. The first-order valence-corrected chi connectivity index (χ1v) is 32.5. The standard InChI is InChI=1S/C17H13N3S.2C10H8Cl2N2S.C10H8ClFN2S.2C10H9FN2S/c18-10-12-5-7-13(8-6-12)16-4-2-1-3-14(16)9-15-11-19-17(21)20-15;11-7-2-1-6(9(12)4-7)3-8-5-13-10(15)14-8;11-8-2-1-3-9(12)7(8)4-6-5-13-10(15)14-6;11-8-3-1-2-6(9(8)12)4-7-5-13-10(15)14-7;11-8-3-1-7(2-4-8)5-9-6-12-10(14)13-9;11-9-4-2-1-3-7(9)5-8-6-12-10(14)13-8/h1-8,11H,9H2,(H2,19,20,21);1-2,4-5H,3H2,(H2,13,14,15);2*1-3,5H,4H2,(H2,13,14,15);2*1-4,6H,5H2,(H2,12,13,14). The summed E-state index contributed by atoms with van der Waals surface area (Å²) in [7, 11) is 0. The number of hydrogen-bond acceptors (Lipinski definition) is 7. The molecule has 27 heteroatoms. The van der Waals surface area contributed by atoms with Crippen LogP contribution in [0.3, 0.4) is 0 Å². The van der Waals surface area contributed by atoms with Gasteiger partial charge in [0.05, 0.1) is 16.7 Å². The van der Waals surface area contributed by atoms with E-state index in [9.17, 15) is 13.2 Å². The predicted molar refractivity (Wildman–Crippen MR) is 386 cm³/mol. The number of halogens is 8. The van der Waals surface area contributed by atoms with Gasteiger partial charge >= 0.3 is 0 Å². The largest absolute Gasteiger partial charge is 0.337 e. The summed E-state index contributed by atoms with van der Waals surface area (Å²) in [6, 6.07) is 47.1. The van der Waals surface area contributed by atoms with Crippen molar-refractivity contribution >= 4 is 131 Å². The fourth-order valence-corrected chi connectivity index (χ4v) is 11.3. The molecule has 0 radical (unpaired) electrons. The summed E-state index contributed by atoms with van der Waals surface area (Å²) in [5.41, 5.74) is 14.1. The van der Waals surface area contributed by atoms with E-state index in [2.05, 4.69) is 78.0 Å². The van der Waals surface area contributed by atoms with E-state index >= 15 is 0 Å². The SMILES string of the molecule is Fc1c(Cl)cccc1Cc1c[nH]c(=S)[nH]1.Fc1ccc(Cc2c[nH]c(=S)[nH]2)cc1.Fc1ccccc1Cc1c[nH]c(=S)[nH]1.N#Cc1ccc(-c2ccccc2Cc2c[nH]c(=S)[nH]2)cc1.S=c1[nH]cc(Cc2c(Cl)cccc2Cl)[nH]1.S=c1[nH]cc(Cc2ccc(Cl)cc2Cl)[nH]1. The zero-order valence-electron chi connectivity index (χ0n) is 49.1. The summed E-state index contributed by atoms with van der Waals surface area (Å²) in [4.78, 5) is 35.4. The van der Waals surface area contributed by atoms with Gasteiger partial charge in [-0.1, -0.05) is 149 Å². The molecule has 13 rings (SSSR count). The van der Waals surface area contributed by atoms with E-state index in [1.54, 1.807) is 54.9 Å². The van der Waals surface area contributed by atoms with E-state index in [1.807, 2.05) is 97.6 Å². The predicted octanol–water partition coefficient (Wildman–Crippen LogP) is 21.2. The smallest absolute Gasteiger partial charge is 0.174 e. The van der Waals surface area contributed by atoms with Gasteiger partial charge in [-0.05, 0) is 178 Å². The van der Waals surface area contributed by atoms with Crippen molar-refractivity contribution in [3.05, 3.63) is 333 Å². The highest BCUT2D eigenvalue weighted by Gasteiger charge is 2.11. The topological polar surface area (TPSA) is 213 Å². The second kappa shape index (κ2) is 35.9. The maximum Gasteiger partial charge on any atom is 0.174 e. The number of H-pyrrole nitrogens is 12. The van der Waals surface area contributed by atoms with Crippen LogP contribution in [0.25, 0.3) is 11.1 Å². The van der Waals surface area contributed by atoms with Crippen LogP contribution in [-0.4, -0.2) is 59.8 Å². The fraction of sp³-hybridized carbons (Fsp3) is 0.0896. The average Bonchev–Trinajstić information content (AvgIpc) is 1.21. The fourth-order valence-electron chi connectivity index (χ4n) is 9.00. The molecule has 94 heavy (non-hydrogen) atoms. The Morgan fingerprint density at radius 3 is 1.23 bits per heavy atom. The summed E-state index contributed by atoms with van der Waals surface area (Å²) in [6.07, 6.45) is 14.7. The molecule has 0 saturated carbocycles. The van der Waals surface area contributed by atoms with Gasteiger partial charge in [0, 0.05) is 130 Å². The molecule has 0 aliphatic carbocycles. The van der Waals surface area contributed by atoms with Crippen molar-refractivity contribution in [1.29, 1.82) is 5.26 Å². The average molecular weight is 1470 g/mol. The Balaban J connectivity index is 0.000000146. The van der Waals surface area contributed by atoms with E-state index in [0.29, 0.717) is 91.1 Å². The molecule has 12 N–H and O–H groups in total. The van der Waals surface area contributed by atoms with Crippen LogP contribution in [0.5, 0.6) is 0 Å². The Bertz CT molecular complexity index is 4990. The third-order valence-corrected chi connectivity index (χ3v) is 16.4. The second-order valence-electron chi connectivity index (χ2n) is 20.4. The van der Waals surface area contributed by atoms with Gasteiger partial charge in [-0.3, -0.25) is 0 Å². The van der Waals surface area contributed by atoms with Gasteiger partial charge in [0.1, 0.15) is 17.5 Å². The molecule has 7 aromatic carbocycles. The van der Waals surface area contributed by atoms with Gasteiger partial charge in [-0.2, -0.15) is 5.26 Å². The quantitative estimate of drug-likeness (QED) is 0.0502. The molecule has 13 aromatic rings. The van der Waals surface area contributed by atoms with Crippen molar-refractivity contribution in [2.24, 2.45) is 0 Å². The monoisotopic (exact) mass is 1470 g/mol. The van der Waals surface area contributed by atoms with Crippen LogP contribution >= 0.6 is 131 Å². The highest BCUT2D eigenvalue weighted by Crippen LogP contribution is 2.28. The van der Waals surface area contributed by atoms with Crippen LogP contribution in [0.2, 0.25) is 25.1 Å². The number of nitriles is 1. The van der Waals surface area contributed by atoms with Crippen LogP contribution < -0.4 is 0 Å². The van der Waals surface area contributed by atoms with Gasteiger partial charge in [-0.25, -0.2) is 13.2 Å².